The van der Waals surface area contributed by atoms with Gasteiger partial charge in [-0.05, 0) is 36.9 Å². The van der Waals surface area contributed by atoms with Crippen molar-refractivity contribution in [2.24, 2.45) is 0 Å². The third-order valence-electron chi connectivity index (χ3n) is 4.97. The number of carbonyl (C=O) groups is 1. The molecular weight excluding hydrogens is 402 g/mol. The Morgan fingerprint density at radius 2 is 1.93 bits per heavy atom. The highest BCUT2D eigenvalue weighted by Gasteiger charge is 2.11. The van der Waals surface area contributed by atoms with Gasteiger partial charge < -0.3 is 15.5 Å². The molecule has 3 rings (SSSR count). The Morgan fingerprint density at radius 1 is 1.13 bits per heavy atom. The smallest absolute Gasteiger partial charge is 0.220 e. The zero-order valence-electron chi connectivity index (χ0n) is 17.4. The van der Waals surface area contributed by atoms with Crippen molar-refractivity contribution in [1.29, 1.82) is 0 Å². The van der Waals surface area contributed by atoms with Crippen molar-refractivity contribution in [3.05, 3.63) is 52.8 Å². The van der Waals surface area contributed by atoms with Gasteiger partial charge in [-0.1, -0.05) is 43.6 Å². The molecule has 1 amide bonds. The summed E-state index contributed by atoms with van der Waals surface area (Å²) in [6, 6.07) is 11.4. The third kappa shape index (κ3) is 5.90. The molecule has 0 saturated carbocycles. The molecule has 30 heavy (non-hydrogen) atoms. The number of likely N-dealkylation sites (N-methyl/N-ethyl adjacent to an activating group) is 1. The minimum atomic E-state index is 0.00639. The van der Waals surface area contributed by atoms with Crippen LogP contribution in [0.15, 0.2) is 36.4 Å². The molecule has 0 aliphatic rings. The Balaban J connectivity index is 1.55. The third-order valence-corrected chi connectivity index (χ3v) is 5.33. The van der Waals surface area contributed by atoms with Gasteiger partial charge in [0, 0.05) is 37.5 Å². The first-order valence-electron chi connectivity index (χ1n) is 10.3. The lowest BCUT2D eigenvalue weighted by atomic mass is 10.2. The molecule has 2 aromatic heterocycles. The number of hydrogen-bond acceptors (Lipinski definition) is 6. The SMILES string of the molecule is CCN(CC)CCNC(=O)CCc1nnc2ccc(NCc3ccccc3Cl)nn12. The molecule has 160 valence electrons. The topological polar surface area (TPSA) is 87.5 Å². The van der Waals surface area contributed by atoms with Gasteiger partial charge in [0.15, 0.2) is 11.5 Å². The molecule has 0 radical (unpaired) electrons. The van der Waals surface area contributed by atoms with Crippen LogP contribution in [0.5, 0.6) is 0 Å². The van der Waals surface area contributed by atoms with Crippen LogP contribution in [0.1, 0.15) is 31.7 Å². The summed E-state index contributed by atoms with van der Waals surface area (Å²) in [6.07, 6.45) is 0.817. The first-order chi connectivity index (χ1) is 14.6. The van der Waals surface area contributed by atoms with E-state index in [2.05, 4.69) is 44.7 Å². The number of aryl methyl sites for hydroxylation is 1. The van der Waals surface area contributed by atoms with Gasteiger partial charge in [0.1, 0.15) is 5.82 Å². The van der Waals surface area contributed by atoms with Crippen LogP contribution in [-0.4, -0.2) is 56.8 Å². The van der Waals surface area contributed by atoms with E-state index in [1.54, 1.807) is 4.52 Å². The van der Waals surface area contributed by atoms with Gasteiger partial charge in [-0.3, -0.25) is 4.79 Å². The average molecular weight is 430 g/mol. The Kier molecular flexibility index (Phi) is 7.98. The van der Waals surface area contributed by atoms with E-state index >= 15 is 0 Å². The Labute approximate surface area is 181 Å². The minimum Gasteiger partial charge on any atom is -0.364 e. The minimum absolute atomic E-state index is 0.00639. The van der Waals surface area contributed by atoms with Crippen molar-refractivity contribution >= 4 is 29.0 Å². The van der Waals surface area contributed by atoms with Crippen LogP contribution in [0, 0.1) is 0 Å². The summed E-state index contributed by atoms with van der Waals surface area (Å²) in [6.45, 7) is 8.26. The van der Waals surface area contributed by atoms with Gasteiger partial charge in [-0.15, -0.1) is 15.3 Å². The second-order valence-electron chi connectivity index (χ2n) is 6.93. The van der Waals surface area contributed by atoms with Crippen LogP contribution in [0.2, 0.25) is 5.02 Å². The number of nitrogens with one attached hydrogen (secondary N) is 2. The van der Waals surface area contributed by atoms with Crippen LogP contribution in [0.4, 0.5) is 5.82 Å². The summed E-state index contributed by atoms with van der Waals surface area (Å²) in [5.74, 6) is 1.35. The predicted octanol–water partition coefficient (Wildman–Crippen LogP) is 2.78. The van der Waals surface area contributed by atoms with Crippen LogP contribution in [-0.2, 0) is 17.8 Å². The van der Waals surface area contributed by atoms with E-state index in [4.69, 9.17) is 11.6 Å². The number of nitrogens with zero attached hydrogens (tertiary/aromatic N) is 5. The number of aromatic nitrogens is 4. The lowest BCUT2D eigenvalue weighted by molar-refractivity contribution is -0.121. The quantitative estimate of drug-likeness (QED) is 0.487. The zero-order valence-corrected chi connectivity index (χ0v) is 18.2. The summed E-state index contributed by atoms with van der Waals surface area (Å²) in [5.41, 5.74) is 1.64. The van der Waals surface area contributed by atoms with E-state index in [1.807, 2.05) is 36.4 Å². The van der Waals surface area contributed by atoms with Crippen molar-refractivity contribution in [3.8, 4) is 0 Å². The van der Waals surface area contributed by atoms with Crippen molar-refractivity contribution in [3.63, 3.8) is 0 Å². The zero-order chi connectivity index (χ0) is 21.3. The molecule has 9 heteroatoms. The standard InChI is InChI=1S/C21H28ClN7O/c1-3-28(4-2)14-13-23-21(30)12-11-20-26-25-19-10-9-18(27-29(19)20)24-15-16-7-5-6-8-17(16)22/h5-10H,3-4,11-15H2,1-2H3,(H,23,30)(H,24,27). The first kappa shape index (κ1) is 22.0. The van der Waals surface area contributed by atoms with Gasteiger partial charge >= 0.3 is 0 Å². The van der Waals surface area contributed by atoms with E-state index < -0.39 is 0 Å². The van der Waals surface area contributed by atoms with Gasteiger partial charge in [-0.25, -0.2) is 0 Å². The second kappa shape index (κ2) is 10.9. The lowest BCUT2D eigenvalue weighted by Crippen LogP contribution is -2.34. The van der Waals surface area contributed by atoms with Crippen molar-refractivity contribution < 1.29 is 4.79 Å². The number of anilines is 1. The molecule has 0 aliphatic heterocycles. The first-order valence-corrected chi connectivity index (χ1v) is 10.7. The number of rotatable bonds is 11. The lowest BCUT2D eigenvalue weighted by Gasteiger charge is -2.17. The van der Waals surface area contributed by atoms with Crippen molar-refractivity contribution in [2.75, 3.05) is 31.5 Å². The summed E-state index contributed by atoms with van der Waals surface area (Å²) in [5, 5.41) is 19.8. The fourth-order valence-electron chi connectivity index (χ4n) is 3.12. The largest absolute Gasteiger partial charge is 0.364 e. The molecule has 0 spiro atoms. The second-order valence-corrected chi connectivity index (χ2v) is 7.33. The van der Waals surface area contributed by atoms with E-state index in [1.165, 1.54) is 0 Å². The maximum Gasteiger partial charge on any atom is 0.220 e. The highest BCUT2D eigenvalue weighted by atomic mass is 35.5. The van der Waals surface area contributed by atoms with Crippen LogP contribution < -0.4 is 10.6 Å². The molecule has 0 aliphatic carbocycles. The maximum absolute atomic E-state index is 12.2. The number of fused-ring (bicyclic) bond motifs is 1. The van der Waals surface area contributed by atoms with Gasteiger partial charge in [0.2, 0.25) is 5.91 Å². The summed E-state index contributed by atoms with van der Waals surface area (Å²) < 4.78 is 1.68. The van der Waals surface area contributed by atoms with Crippen LogP contribution in [0.25, 0.3) is 5.65 Å². The monoisotopic (exact) mass is 429 g/mol. The van der Waals surface area contributed by atoms with E-state index in [-0.39, 0.29) is 5.91 Å². The Hall–Kier alpha value is -2.71. The molecule has 0 atom stereocenters. The molecule has 3 aromatic rings. The average Bonchev–Trinajstić information content (AvgIpc) is 3.17. The molecule has 8 nitrogen and oxygen atoms in total. The predicted molar refractivity (Wildman–Crippen MR) is 119 cm³/mol. The molecule has 2 heterocycles. The molecule has 1 aromatic carbocycles. The Bertz CT molecular complexity index is 971. The highest BCUT2D eigenvalue weighted by molar-refractivity contribution is 6.31. The van der Waals surface area contributed by atoms with Crippen molar-refractivity contribution in [1.82, 2.24) is 30.0 Å². The fraction of sp³-hybridized carbons (Fsp3) is 0.429. The molecule has 0 bridgehead atoms. The van der Waals surface area contributed by atoms with E-state index in [0.717, 1.165) is 25.2 Å². The fourth-order valence-corrected chi connectivity index (χ4v) is 3.32. The Morgan fingerprint density at radius 3 is 2.70 bits per heavy atom. The highest BCUT2D eigenvalue weighted by Crippen LogP contribution is 2.16. The number of amides is 1. The molecule has 0 saturated heterocycles. The van der Waals surface area contributed by atoms with Crippen molar-refractivity contribution in [2.45, 2.75) is 33.2 Å². The van der Waals surface area contributed by atoms with Gasteiger partial charge in [-0.2, -0.15) is 4.52 Å². The van der Waals surface area contributed by atoms with Gasteiger partial charge in [0.05, 0.1) is 0 Å². The van der Waals surface area contributed by atoms with Crippen LogP contribution in [0.3, 0.4) is 0 Å². The summed E-state index contributed by atoms with van der Waals surface area (Å²) in [4.78, 5) is 14.4. The van der Waals surface area contributed by atoms with Gasteiger partial charge in [0.25, 0.3) is 0 Å². The normalized spacial score (nSPS) is 11.2. The van der Waals surface area contributed by atoms with E-state index in [9.17, 15) is 4.79 Å². The molecule has 0 fully saturated rings. The number of halogens is 1. The number of benzene rings is 1. The summed E-state index contributed by atoms with van der Waals surface area (Å²) in [7, 11) is 0. The number of hydrogen-bond donors (Lipinski definition) is 2. The molecule has 2 N–H and O–H groups in total. The summed E-state index contributed by atoms with van der Waals surface area (Å²) >= 11 is 6.21. The van der Waals surface area contributed by atoms with Crippen LogP contribution >= 0.6 is 11.6 Å². The molecular formula is C21H28ClN7O. The number of carbonyl (C=O) groups excluding carboxylic acids is 1. The maximum atomic E-state index is 12.2. The molecule has 0 unspecified atom stereocenters. The van der Waals surface area contributed by atoms with E-state index in [0.29, 0.717) is 48.2 Å².